The molecule has 0 unspecified atom stereocenters. The van der Waals surface area contributed by atoms with Crippen LogP contribution in [0.4, 0.5) is 13.6 Å². The van der Waals surface area contributed by atoms with Crippen LogP contribution in [0.3, 0.4) is 0 Å². The van der Waals surface area contributed by atoms with Crippen LogP contribution >= 0.6 is 0 Å². The number of aromatic nitrogens is 4. The van der Waals surface area contributed by atoms with Gasteiger partial charge in [-0.1, -0.05) is 6.07 Å². The Hall–Kier alpha value is -4.12. The molecule has 0 spiro atoms. The zero-order valence-corrected chi connectivity index (χ0v) is 21.1. The van der Waals surface area contributed by atoms with Gasteiger partial charge in [0.1, 0.15) is 17.7 Å². The van der Waals surface area contributed by atoms with E-state index in [1.54, 1.807) is 34.0 Å². The molecule has 3 atom stereocenters. The van der Waals surface area contributed by atoms with E-state index in [-0.39, 0.29) is 17.6 Å². The maximum atomic E-state index is 14.0. The van der Waals surface area contributed by atoms with Crippen molar-refractivity contribution in [3.05, 3.63) is 93.8 Å². The average Bonchev–Trinajstić information content (AvgIpc) is 3.20. The first kappa shape index (κ1) is 25.2. The Balaban J connectivity index is 1.17. The molecule has 0 bridgehead atoms. The van der Waals surface area contributed by atoms with Crippen LogP contribution in [0.1, 0.15) is 66.6 Å². The summed E-state index contributed by atoms with van der Waals surface area (Å²) in [5.41, 5.74) is 9.39. The highest BCUT2D eigenvalue weighted by Crippen LogP contribution is 2.42. The van der Waals surface area contributed by atoms with Gasteiger partial charge in [0.15, 0.2) is 5.65 Å². The van der Waals surface area contributed by atoms with E-state index in [2.05, 4.69) is 15.0 Å². The number of fused-ring (bicyclic) bond motifs is 2. The maximum absolute atomic E-state index is 14.0. The number of piperidine rings is 1. The van der Waals surface area contributed by atoms with Crippen LogP contribution in [0.15, 0.2) is 59.7 Å². The number of aromatic amines is 1. The number of rotatable bonds is 3. The molecule has 1 aliphatic heterocycles. The Bertz CT molecular complexity index is 1560. The molecule has 1 amide bonds. The number of benzene rings is 1. The fourth-order valence-electron chi connectivity index (χ4n) is 5.95. The molecule has 39 heavy (non-hydrogen) atoms. The highest BCUT2D eigenvalue weighted by molar-refractivity contribution is 5.70. The molecule has 3 N–H and O–H groups in total. The largest absolute Gasteiger partial charge is 0.440 e. The Kier molecular flexibility index (Phi) is 6.59. The van der Waals surface area contributed by atoms with Crippen LogP contribution in [0.2, 0.25) is 0 Å². The first-order valence-corrected chi connectivity index (χ1v) is 13.1. The standard InChI is InChI=1S/C28H28F2N6O3/c29-17-13-16(14-18(30)15-17)20-5-6-23(25-21(24(20)31)3-1-9-32-25)39-28(38)35-11-7-19(8-12-35)36-22-4-2-10-33-26(22)34-27(36)37/h1-4,9-10,13-15,19-20,23-24H,5-8,11-12,31H2,(H,33,34,37)/t20-,23+,24-/m0/s1. The first-order chi connectivity index (χ1) is 18.9. The first-order valence-electron chi connectivity index (χ1n) is 13.1. The van der Waals surface area contributed by atoms with E-state index in [0.29, 0.717) is 61.2 Å². The van der Waals surface area contributed by atoms with Gasteiger partial charge in [0.25, 0.3) is 0 Å². The number of ether oxygens (including phenoxy) is 1. The molecule has 3 aromatic heterocycles. The van der Waals surface area contributed by atoms with Gasteiger partial charge in [-0.3, -0.25) is 14.5 Å². The number of likely N-dealkylation sites (tertiary alicyclic amines) is 1. The van der Waals surface area contributed by atoms with E-state index in [0.717, 1.165) is 11.6 Å². The molecule has 0 saturated carbocycles. The molecule has 4 heterocycles. The van der Waals surface area contributed by atoms with Gasteiger partial charge in [0.2, 0.25) is 0 Å². The van der Waals surface area contributed by atoms with Crippen molar-refractivity contribution < 1.29 is 18.3 Å². The van der Waals surface area contributed by atoms with E-state index in [1.807, 2.05) is 12.1 Å². The lowest BCUT2D eigenvalue weighted by Gasteiger charge is -2.33. The van der Waals surface area contributed by atoms with Crippen LogP contribution in [-0.4, -0.2) is 43.6 Å². The molecule has 1 fully saturated rings. The quantitative estimate of drug-likeness (QED) is 0.374. The average molecular weight is 535 g/mol. The van der Waals surface area contributed by atoms with Crippen molar-refractivity contribution in [2.45, 2.75) is 49.8 Å². The normalized spacial score (nSPS) is 21.9. The summed E-state index contributed by atoms with van der Waals surface area (Å²) in [5.74, 6) is -1.70. The summed E-state index contributed by atoms with van der Waals surface area (Å²) in [5, 5.41) is 0. The lowest BCUT2D eigenvalue weighted by atomic mass is 9.86. The molecular formula is C28H28F2N6O3. The number of imidazole rings is 1. The van der Waals surface area contributed by atoms with E-state index >= 15 is 0 Å². The van der Waals surface area contributed by atoms with Crippen molar-refractivity contribution in [1.29, 1.82) is 0 Å². The molecule has 11 heteroatoms. The number of hydrogen-bond donors (Lipinski definition) is 2. The predicted octanol–water partition coefficient (Wildman–Crippen LogP) is 4.49. The van der Waals surface area contributed by atoms with Gasteiger partial charge in [0, 0.05) is 49.6 Å². The summed E-state index contributed by atoms with van der Waals surface area (Å²) < 4.78 is 35.7. The summed E-state index contributed by atoms with van der Waals surface area (Å²) in [6.45, 7) is 0.852. The van der Waals surface area contributed by atoms with Crippen LogP contribution in [0.25, 0.3) is 11.2 Å². The van der Waals surface area contributed by atoms with Crippen LogP contribution in [0.5, 0.6) is 0 Å². The van der Waals surface area contributed by atoms with Crippen molar-refractivity contribution >= 4 is 17.3 Å². The van der Waals surface area contributed by atoms with Gasteiger partial charge in [-0.05, 0) is 67.1 Å². The Morgan fingerprint density at radius 1 is 1.00 bits per heavy atom. The zero-order chi connectivity index (χ0) is 27.1. The third-order valence-corrected chi connectivity index (χ3v) is 7.84. The third kappa shape index (κ3) is 4.78. The molecule has 2 aliphatic rings. The molecule has 1 aromatic carbocycles. The number of nitrogens with two attached hydrogens (primary N) is 1. The number of H-pyrrole nitrogens is 1. The maximum Gasteiger partial charge on any atom is 0.410 e. The number of halogens is 2. The van der Waals surface area contributed by atoms with Gasteiger partial charge in [-0.15, -0.1) is 0 Å². The monoisotopic (exact) mass is 534 g/mol. The van der Waals surface area contributed by atoms with Gasteiger partial charge >= 0.3 is 11.8 Å². The minimum absolute atomic E-state index is 0.0646. The van der Waals surface area contributed by atoms with Gasteiger partial charge < -0.3 is 15.4 Å². The Morgan fingerprint density at radius 3 is 2.49 bits per heavy atom. The molecule has 1 saturated heterocycles. The fraction of sp³-hybridized carbons (Fsp3) is 0.357. The number of amides is 1. The number of nitrogens with one attached hydrogen (secondary N) is 1. The number of carbonyl (C=O) groups excluding carboxylic acids is 1. The van der Waals surface area contributed by atoms with E-state index in [4.69, 9.17) is 10.5 Å². The van der Waals surface area contributed by atoms with Crippen LogP contribution < -0.4 is 11.4 Å². The van der Waals surface area contributed by atoms with Crippen molar-refractivity contribution in [2.75, 3.05) is 13.1 Å². The predicted molar refractivity (Wildman–Crippen MR) is 139 cm³/mol. The third-order valence-electron chi connectivity index (χ3n) is 7.84. The summed E-state index contributed by atoms with van der Waals surface area (Å²) in [6, 6.07) is 10.0. The minimum atomic E-state index is -0.662. The minimum Gasteiger partial charge on any atom is -0.440 e. The lowest BCUT2D eigenvalue weighted by molar-refractivity contribution is 0.0473. The Labute approximate surface area is 222 Å². The van der Waals surface area contributed by atoms with Crippen LogP contribution in [-0.2, 0) is 4.74 Å². The summed E-state index contributed by atoms with van der Waals surface area (Å²) >= 11 is 0. The highest BCUT2D eigenvalue weighted by Gasteiger charge is 2.35. The molecular weight excluding hydrogens is 506 g/mol. The number of hydrogen-bond acceptors (Lipinski definition) is 6. The fourth-order valence-corrected chi connectivity index (χ4v) is 5.95. The van der Waals surface area contributed by atoms with Crippen molar-refractivity contribution in [2.24, 2.45) is 5.73 Å². The number of nitrogens with zero attached hydrogens (tertiary/aromatic N) is 4. The van der Waals surface area contributed by atoms with Crippen molar-refractivity contribution in [3.63, 3.8) is 0 Å². The number of carbonyl (C=O) groups is 1. The van der Waals surface area contributed by atoms with E-state index in [9.17, 15) is 18.4 Å². The van der Waals surface area contributed by atoms with Crippen molar-refractivity contribution in [3.8, 4) is 0 Å². The molecule has 1 aliphatic carbocycles. The topological polar surface area (TPSA) is 119 Å². The van der Waals surface area contributed by atoms with Crippen molar-refractivity contribution in [1.82, 2.24) is 24.4 Å². The molecule has 9 nitrogen and oxygen atoms in total. The molecule has 6 rings (SSSR count). The Morgan fingerprint density at radius 2 is 1.72 bits per heavy atom. The van der Waals surface area contributed by atoms with Gasteiger partial charge in [-0.25, -0.2) is 23.4 Å². The lowest BCUT2D eigenvalue weighted by Crippen LogP contribution is -2.41. The second-order valence-corrected chi connectivity index (χ2v) is 10.2. The van der Waals surface area contributed by atoms with Gasteiger partial charge in [-0.2, -0.15) is 0 Å². The molecule has 0 radical (unpaired) electrons. The van der Waals surface area contributed by atoms with E-state index < -0.39 is 29.9 Å². The number of pyridine rings is 2. The SMILES string of the molecule is N[C@@H]1c2cccnc2[C@H](OC(=O)N2CCC(n3c(=O)[nH]c4ncccc43)CC2)CC[C@H]1c1cc(F)cc(F)c1. The zero-order valence-electron chi connectivity index (χ0n) is 21.1. The molecule has 202 valence electrons. The molecule has 4 aromatic rings. The summed E-state index contributed by atoms with van der Waals surface area (Å²) in [6.07, 6.45) is 4.18. The second-order valence-electron chi connectivity index (χ2n) is 10.2. The van der Waals surface area contributed by atoms with E-state index in [1.165, 1.54) is 12.1 Å². The smallest absolute Gasteiger partial charge is 0.410 e. The summed E-state index contributed by atoms with van der Waals surface area (Å²) in [7, 11) is 0. The second kappa shape index (κ2) is 10.2. The van der Waals surface area contributed by atoms with Crippen LogP contribution in [0, 0.1) is 11.6 Å². The summed E-state index contributed by atoms with van der Waals surface area (Å²) in [4.78, 5) is 38.9. The van der Waals surface area contributed by atoms with Gasteiger partial charge in [0.05, 0.1) is 11.2 Å². The highest BCUT2D eigenvalue weighted by atomic mass is 19.1.